The summed E-state index contributed by atoms with van der Waals surface area (Å²) in [4.78, 5) is 8.87. The van der Waals surface area contributed by atoms with Gasteiger partial charge in [0.05, 0.1) is 24.8 Å². The Morgan fingerprint density at radius 2 is 1.59 bits per heavy atom. The fraction of sp³-hybridized carbons (Fsp3) is 0.125. The molecule has 3 rings (SSSR count). The molecule has 1 heterocycles. The molecule has 0 amide bonds. The Morgan fingerprint density at radius 1 is 0.909 bits per heavy atom. The Bertz CT molecular complexity index is 853. The minimum absolute atomic E-state index is 0.334. The van der Waals surface area contributed by atoms with Crippen LogP contribution in [0.4, 0.5) is 0 Å². The molecular formula is C16H12Cl2N2O2. The van der Waals surface area contributed by atoms with Crippen LogP contribution in [0.5, 0.6) is 11.5 Å². The lowest BCUT2D eigenvalue weighted by Crippen LogP contribution is -1.95. The van der Waals surface area contributed by atoms with Crippen molar-refractivity contribution in [2.75, 3.05) is 14.2 Å². The first-order chi connectivity index (χ1) is 10.6. The largest absolute Gasteiger partial charge is 0.493 e. The summed E-state index contributed by atoms with van der Waals surface area (Å²) < 4.78 is 10.6. The molecule has 22 heavy (non-hydrogen) atoms. The zero-order valence-electron chi connectivity index (χ0n) is 11.9. The van der Waals surface area contributed by atoms with Crippen LogP contribution in [-0.4, -0.2) is 24.2 Å². The van der Waals surface area contributed by atoms with Crippen molar-refractivity contribution >= 4 is 34.1 Å². The minimum Gasteiger partial charge on any atom is -0.493 e. The normalized spacial score (nSPS) is 10.7. The van der Waals surface area contributed by atoms with Gasteiger partial charge in [-0.15, -0.1) is 0 Å². The topological polar surface area (TPSA) is 44.2 Å². The van der Waals surface area contributed by atoms with Crippen LogP contribution in [0.1, 0.15) is 0 Å². The number of fused-ring (bicyclic) bond motifs is 1. The number of aromatic nitrogens is 2. The highest BCUT2D eigenvalue weighted by atomic mass is 35.5. The standard InChI is InChI=1S/C16H12Cl2N2O2/c1-21-13-7-10-12(8-14(13)22-2)19-16(20-15(10)18)9-5-3-4-6-11(9)17/h3-8H,1-2H3. The second-order valence-electron chi connectivity index (χ2n) is 4.54. The predicted octanol–water partition coefficient (Wildman–Crippen LogP) is 4.62. The van der Waals surface area contributed by atoms with Gasteiger partial charge in [0.25, 0.3) is 0 Å². The number of halogens is 2. The molecule has 0 unspecified atom stereocenters. The number of methoxy groups -OCH3 is 2. The Hall–Kier alpha value is -2.04. The van der Waals surface area contributed by atoms with Crippen LogP contribution >= 0.6 is 23.2 Å². The molecule has 0 aliphatic heterocycles. The molecule has 0 saturated carbocycles. The monoisotopic (exact) mass is 334 g/mol. The van der Waals surface area contributed by atoms with Crippen LogP contribution < -0.4 is 9.47 Å². The van der Waals surface area contributed by atoms with Crippen molar-refractivity contribution in [3.63, 3.8) is 0 Å². The van der Waals surface area contributed by atoms with Gasteiger partial charge in [0, 0.05) is 17.0 Å². The molecule has 0 aliphatic rings. The van der Waals surface area contributed by atoms with Gasteiger partial charge in [-0.05, 0) is 18.2 Å². The van der Waals surface area contributed by atoms with Crippen molar-refractivity contribution in [2.45, 2.75) is 0 Å². The number of benzene rings is 2. The van der Waals surface area contributed by atoms with Crippen LogP contribution in [0.25, 0.3) is 22.3 Å². The maximum Gasteiger partial charge on any atom is 0.162 e. The van der Waals surface area contributed by atoms with E-state index in [1.165, 1.54) is 0 Å². The molecule has 0 atom stereocenters. The molecule has 0 saturated heterocycles. The summed E-state index contributed by atoms with van der Waals surface area (Å²) >= 11 is 12.5. The summed E-state index contributed by atoms with van der Waals surface area (Å²) in [6.45, 7) is 0. The van der Waals surface area contributed by atoms with E-state index in [-0.39, 0.29) is 0 Å². The molecule has 0 N–H and O–H groups in total. The molecule has 6 heteroatoms. The molecule has 0 bridgehead atoms. The van der Waals surface area contributed by atoms with Gasteiger partial charge in [0.1, 0.15) is 5.15 Å². The second kappa shape index (κ2) is 5.99. The van der Waals surface area contributed by atoms with Crippen molar-refractivity contribution < 1.29 is 9.47 Å². The molecule has 3 aromatic rings. The number of rotatable bonds is 3. The third-order valence-electron chi connectivity index (χ3n) is 3.27. The minimum atomic E-state index is 0.334. The van der Waals surface area contributed by atoms with Crippen molar-refractivity contribution in [1.82, 2.24) is 9.97 Å². The average Bonchev–Trinajstić information content (AvgIpc) is 2.54. The summed E-state index contributed by atoms with van der Waals surface area (Å²) in [5.74, 6) is 1.62. The van der Waals surface area contributed by atoms with Crippen LogP contribution in [-0.2, 0) is 0 Å². The van der Waals surface area contributed by atoms with E-state index in [9.17, 15) is 0 Å². The van der Waals surface area contributed by atoms with E-state index in [0.717, 1.165) is 5.56 Å². The lowest BCUT2D eigenvalue weighted by Gasteiger charge is -2.11. The molecule has 0 spiro atoms. The smallest absolute Gasteiger partial charge is 0.162 e. The Kier molecular flexibility index (Phi) is 4.05. The number of hydrogen-bond acceptors (Lipinski definition) is 4. The quantitative estimate of drug-likeness (QED) is 0.655. The van der Waals surface area contributed by atoms with Gasteiger partial charge in [0.2, 0.25) is 0 Å². The molecule has 4 nitrogen and oxygen atoms in total. The maximum absolute atomic E-state index is 6.30. The van der Waals surface area contributed by atoms with E-state index in [4.69, 9.17) is 32.7 Å². The van der Waals surface area contributed by atoms with Crippen LogP contribution in [0.2, 0.25) is 10.2 Å². The average molecular weight is 335 g/mol. The summed E-state index contributed by atoms with van der Waals surface area (Å²) in [5, 5.41) is 1.59. The van der Waals surface area contributed by atoms with Gasteiger partial charge in [0.15, 0.2) is 17.3 Å². The Labute approximate surface area is 137 Å². The van der Waals surface area contributed by atoms with E-state index in [1.54, 1.807) is 32.4 Å². The Balaban J connectivity index is 2.26. The van der Waals surface area contributed by atoms with Crippen molar-refractivity contribution in [3.05, 3.63) is 46.6 Å². The van der Waals surface area contributed by atoms with E-state index in [2.05, 4.69) is 9.97 Å². The molecule has 0 aliphatic carbocycles. The van der Waals surface area contributed by atoms with Crippen LogP contribution in [0.3, 0.4) is 0 Å². The lowest BCUT2D eigenvalue weighted by molar-refractivity contribution is 0.356. The summed E-state index contributed by atoms with van der Waals surface area (Å²) in [5.41, 5.74) is 1.38. The summed E-state index contributed by atoms with van der Waals surface area (Å²) in [6.07, 6.45) is 0. The van der Waals surface area contributed by atoms with Gasteiger partial charge >= 0.3 is 0 Å². The zero-order chi connectivity index (χ0) is 15.7. The first kappa shape index (κ1) is 14.9. The third-order valence-corrected chi connectivity index (χ3v) is 3.89. The first-order valence-corrected chi connectivity index (χ1v) is 7.24. The molecule has 112 valence electrons. The highest BCUT2D eigenvalue weighted by molar-refractivity contribution is 6.35. The number of nitrogens with zero attached hydrogens (tertiary/aromatic N) is 2. The predicted molar refractivity (Wildman–Crippen MR) is 88.1 cm³/mol. The molecule has 2 aromatic carbocycles. The Morgan fingerprint density at radius 3 is 2.27 bits per heavy atom. The van der Waals surface area contributed by atoms with Crippen LogP contribution in [0.15, 0.2) is 36.4 Å². The summed E-state index contributed by atoms with van der Waals surface area (Å²) in [6, 6.07) is 10.9. The highest BCUT2D eigenvalue weighted by Gasteiger charge is 2.14. The molecular weight excluding hydrogens is 323 g/mol. The van der Waals surface area contributed by atoms with E-state index in [0.29, 0.717) is 38.4 Å². The number of hydrogen-bond donors (Lipinski definition) is 0. The molecule has 0 radical (unpaired) electrons. The van der Waals surface area contributed by atoms with Gasteiger partial charge in [-0.3, -0.25) is 0 Å². The lowest BCUT2D eigenvalue weighted by atomic mass is 10.2. The van der Waals surface area contributed by atoms with Gasteiger partial charge in [-0.2, -0.15) is 0 Å². The SMILES string of the molecule is COc1cc2nc(-c3ccccc3Cl)nc(Cl)c2cc1OC. The van der Waals surface area contributed by atoms with Crippen molar-refractivity contribution in [1.29, 1.82) is 0 Å². The van der Waals surface area contributed by atoms with Crippen LogP contribution in [0, 0.1) is 0 Å². The second-order valence-corrected chi connectivity index (χ2v) is 5.31. The summed E-state index contributed by atoms with van der Waals surface area (Å²) in [7, 11) is 3.14. The fourth-order valence-corrected chi connectivity index (χ4v) is 2.63. The first-order valence-electron chi connectivity index (χ1n) is 6.48. The van der Waals surface area contributed by atoms with Gasteiger partial charge < -0.3 is 9.47 Å². The highest BCUT2D eigenvalue weighted by Crippen LogP contribution is 2.35. The van der Waals surface area contributed by atoms with E-state index >= 15 is 0 Å². The molecule has 1 aromatic heterocycles. The fourth-order valence-electron chi connectivity index (χ4n) is 2.18. The zero-order valence-corrected chi connectivity index (χ0v) is 13.4. The van der Waals surface area contributed by atoms with E-state index < -0.39 is 0 Å². The van der Waals surface area contributed by atoms with E-state index in [1.807, 2.05) is 18.2 Å². The third kappa shape index (κ3) is 2.56. The van der Waals surface area contributed by atoms with Crippen molar-refractivity contribution in [2.24, 2.45) is 0 Å². The van der Waals surface area contributed by atoms with Gasteiger partial charge in [-0.1, -0.05) is 35.3 Å². The number of ether oxygens (including phenoxy) is 2. The van der Waals surface area contributed by atoms with Gasteiger partial charge in [-0.25, -0.2) is 9.97 Å². The molecule has 0 fully saturated rings. The van der Waals surface area contributed by atoms with Crippen molar-refractivity contribution in [3.8, 4) is 22.9 Å². The maximum atomic E-state index is 6.30.